The summed E-state index contributed by atoms with van der Waals surface area (Å²) in [5, 5.41) is 2.77. The van der Waals surface area contributed by atoms with Crippen molar-refractivity contribution in [2.24, 2.45) is 5.92 Å². The van der Waals surface area contributed by atoms with Gasteiger partial charge in [-0.1, -0.05) is 12.2 Å². The summed E-state index contributed by atoms with van der Waals surface area (Å²) in [6, 6.07) is 0.374. The van der Waals surface area contributed by atoms with E-state index in [2.05, 4.69) is 17.5 Å². The van der Waals surface area contributed by atoms with Crippen molar-refractivity contribution in [2.75, 3.05) is 13.6 Å². The van der Waals surface area contributed by atoms with Crippen molar-refractivity contribution in [3.63, 3.8) is 0 Å². The van der Waals surface area contributed by atoms with Crippen molar-refractivity contribution in [1.29, 1.82) is 0 Å². The van der Waals surface area contributed by atoms with E-state index < -0.39 is 0 Å². The van der Waals surface area contributed by atoms with Crippen LogP contribution in [0.5, 0.6) is 0 Å². The third-order valence-corrected chi connectivity index (χ3v) is 3.23. The number of hydrogen-bond acceptors (Lipinski definition) is 2. The molecule has 4 nitrogen and oxygen atoms in total. The van der Waals surface area contributed by atoms with Gasteiger partial charge in [0.2, 0.25) is 15.0 Å². The number of nitrogens with zero attached hydrogens (tertiary/aromatic N) is 1. The molecule has 90 valence electrons. The number of amides is 1. The highest BCUT2D eigenvalue weighted by Gasteiger charge is 2.33. The van der Waals surface area contributed by atoms with Gasteiger partial charge in [-0.3, -0.25) is 9.36 Å². The quantitative estimate of drug-likeness (QED) is 0.291. The Balaban J connectivity index is 1.93. The minimum atomic E-state index is 0.102. The SMILES string of the molecule is CN(CCCC/C=C\[C@@H]1CC1NC=O)P=O. The predicted octanol–water partition coefficient (Wildman–Crippen LogP) is 1.99. The maximum Gasteiger partial charge on any atom is 0.248 e. The molecular formula is C11H19N2O2P. The molecule has 5 heteroatoms. The van der Waals surface area contributed by atoms with Gasteiger partial charge in [-0.2, -0.15) is 0 Å². The molecule has 1 saturated carbocycles. The molecule has 2 atom stereocenters. The molecular weight excluding hydrogens is 223 g/mol. The maximum atomic E-state index is 10.4. The highest BCUT2D eigenvalue weighted by Crippen LogP contribution is 2.31. The van der Waals surface area contributed by atoms with E-state index in [9.17, 15) is 9.36 Å². The van der Waals surface area contributed by atoms with Crippen molar-refractivity contribution in [3.8, 4) is 0 Å². The lowest BCUT2D eigenvalue weighted by Gasteiger charge is -2.04. The topological polar surface area (TPSA) is 49.4 Å². The molecule has 1 fully saturated rings. The van der Waals surface area contributed by atoms with Crippen LogP contribution >= 0.6 is 8.61 Å². The molecule has 1 aliphatic rings. The Labute approximate surface area is 98.3 Å². The van der Waals surface area contributed by atoms with E-state index in [1.165, 1.54) is 0 Å². The Morgan fingerprint density at radius 2 is 2.31 bits per heavy atom. The second-order valence-electron chi connectivity index (χ2n) is 4.18. The van der Waals surface area contributed by atoms with Gasteiger partial charge in [0, 0.05) is 12.6 Å². The van der Waals surface area contributed by atoms with E-state index in [1.54, 1.807) is 4.67 Å². The van der Waals surface area contributed by atoms with Crippen LogP contribution in [0.4, 0.5) is 0 Å². The first kappa shape index (κ1) is 13.3. The highest BCUT2D eigenvalue weighted by molar-refractivity contribution is 7.20. The predicted molar refractivity (Wildman–Crippen MR) is 64.3 cm³/mol. The van der Waals surface area contributed by atoms with E-state index in [0.29, 0.717) is 12.0 Å². The third-order valence-electron chi connectivity index (χ3n) is 2.75. The molecule has 0 radical (unpaired) electrons. The molecule has 0 saturated heterocycles. The zero-order valence-electron chi connectivity index (χ0n) is 9.63. The van der Waals surface area contributed by atoms with Crippen LogP contribution in [0.25, 0.3) is 0 Å². The second kappa shape index (κ2) is 7.53. The minimum absolute atomic E-state index is 0.102. The summed E-state index contributed by atoms with van der Waals surface area (Å²) in [7, 11) is 1.94. The molecule has 0 aliphatic heterocycles. The highest BCUT2D eigenvalue weighted by atomic mass is 31.1. The lowest BCUT2D eigenvalue weighted by molar-refractivity contribution is -0.109. The normalized spacial score (nSPS) is 24.1. The largest absolute Gasteiger partial charge is 0.355 e. The van der Waals surface area contributed by atoms with Gasteiger partial charge in [-0.15, -0.1) is 0 Å². The van der Waals surface area contributed by atoms with Crippen LogP contribution < -0.4 is 5.32 Å². The summed E-state index contributed by atoms with van der Waals surface area (Å²) >= 11 is 0. The number of carbonyl (C=O) groups is 1. The lowest BCUT2D eigenvalue weighted by atomic mass is 10.2. The molecule has 1 N–H and O–H groups in total. The number of nitrogens with one attached hydrogen (secondary N) is 1. The monoisotopic (exact) mass is 242 g/mol. The zero-order chi connectivity index (χ0) is 11.8. The first-order chi connectivity index (χ1) is 7.77. The van der Waals surface area contributed by atoms with Crippen LogP contribution in [0.3, 0.4) is 0 Å². The summed E-state index contributed by atoms with van der Waals surface area (Å²) in [6.45, 7) is 0.873. The van der Waals surface area contributed by atoms with Gasteiger partial charge in [0.1, 0.15) is 0 Å². The van der Waals surface area contributed by atoms with Crippen LogP contribution in [0, 0.1) is 5.92 Å². The van der Waals surface area contributed by atoms with E-state index in [4.69, 9.17) is 0 Å². The Morgan fingerprint density at radius 1 is 1.50 bits per heavy atom. The van der Waals surface area contributed by atoms with Gasteiger partial charge in [-0.25, -0.2) is 4.67 Å². The third kappa shape index (κ3) is 5.38. The Bertz CT molecular complexity index is 258. The molecule has 0 aromatic rings. The Hall–Kier alpha value is -0.730. The smallest absolute Gasteiger partial charge is 0.248 e. The van der Waals surface area contributed by atoms with Crippen molar-refractivity contribution in [3.05, 3.63) is 12.2 Å². The van der Waals surface area contributed by atoms with Crippen LogP contribution in [-0.4, -0.2) is 30.7 Å². The first-order valence-electron chi connectivity index (χ1n) is 5.68. The number of rotatable bonds is 9. The fourth-order valence-corrected chi connectivity index (χ4v) is 1.84. The average Bonchev–Trinajstić information content (AvgIpc) is 3.02. The molecule has 1 rings (SSSR count). The minimum Gasteiger partial charge on any atom is -0.355 e. The van der Waals surface area contributed by atoms with Crippen molar-refractivity contribution < 1.29 is 9.36 Å². The number of hydrogen-bond donors (Lipinski definition) is 1. The van der Waals surface area contributed by atoms with Crippen molar-refractivity contribution in [1.82, 2.24) is 9.99 Å². The van der Waals surface area contributed by atoms with Gasteiger partial charge in [0.15, 0.2) is 0 Å². The molecule has 0 aromatic heterocycles. The first-order valence-corrected chi connectivity index (χ1v) is 6.45. The van der Waals surface area contributed by atoms with E-state index >= 15 is 0 Å². The van der Waals surface area contributed by atoms with E-state index in [1.807, 2.05) is 7.05 Å². The van der Waals surface area contributed by atoms with Gasteiger partial charge in [0.25, 0.3) is 0 Å². The van der Waals surface area contributed by atoms with E-state index in [-0.39, 0.29) is 8.61 Å². The molecule has 1 aliphatic carbocycles. The molecule has 0 aromatic carbocycles. The second-order valence-corrected chi connectivity index (χ2v) is 5.02. The lowest BCUT2D eigenvalue weighted by Crippen LogP contribution is -2.14. The van der Waals surface area contributed by atoms with Crippen LogP contribution in [0.15, 0.2) is 12.2 Å². The molecule has 0 heterocycles. The summed E-state index contributed by atoms with van der Waals surface area (Å²) in [6.07, 6.45) is 9.48. The number of unbranched alkanes of at least 4 members (excludes halogenated alkanes) is 2. The molecule has 1 amide bonds. The zero-order valence-corrected chi connectivity index (χ0v) is 10.5. The standard InChI is InChI=1S/C11H19N2O2P/c1-13(16-15)7-5-3-2-4-6-10-8-11(10)12-9-14/h4,6,9-11H,2-3,5,7-8H2,1H3,(H,12,14)/b6-4-/t10-,11?/m1/s1. The summed E-state index contributed by atoms with van der Waals surface area (Å²) < 4.78 is 12.2. The van der Waals surface area contributed by atoms with Crippen molar-refractivity contribution >= 4 is 15.0 Å². The number of carbonyl (C=O) groups excluding carboxylic acids is 1. The molecule has 0 bridgehead atoms. The van der Waals surface area contributed by atoms with Gasteiger partial charge in [-0.05, 0) is 38.6 Å². The fourth-order valence-electron chi connectivity index (χ4n) is 1.62. The van der Waals surface area contributed by atoms with Crippen LogP contribution in [0.1, 0.15) is 25.7 Å². The fraction of sp³-hybridized carbons (Fsp3) is 0.727. The van der Waals surface area contributed by atoms with Gasteiger partial charge < -0.3 is 5.32 Å². The Kier molecular flexibility index (Phi) is 6.27. The van der Waals surface area contributed by atoms with Gasteiger partial charge in [0.05, 0.1) is 0 Å². The number of allylic oxidation sites excluding steroid dienone is 1. The van der Waals surface area contributed by atoms with Crippen LogP contribution in [0.2, 0.25) is 0 Å². The van der Waals surface area contributed by atoms with Crippen LogP contribution in [-0.2, 0) is 9.36 Å². The Morgan fingerprint density at radius 3 is 3.00 bits per heavy atom. The molecule has 16 heavy (non-hydrogen) atoms. The van der Waals surface area contributed by atoms with E-state index in [0.717, 1.165) is 38.6 Å². The summed E-state index contributed by atoms with van der Waals surface area (Å²) in [5.41, 5.74) is 0. The van der Waals surface area contributed by atoms with Gasteiger partial charge >= 0.3 is 0 Å². The maximum absolute atomic E-state index is 10.4. The average molecular weight is 242 g/mol. The molecule has 0 spiro atoms. The van der Waals surface area contributed by atoms with Crippen molar-refractivity contribution in [2.45, 2.75) is 31.7 Å². The summed E-state index contributed by atoms with van der Waals surface area (Å²) in [4.78, 5) is 10.1. The summed E-state index contributed by atoms with van der Waals surface area (Å²) in [5.74, 6) is 0.549. The molecule has 1 unspecified atom stereocenters.